The summed E-state index contributed by atoms with van der Waals surface area (Å²) >= 11 is 0. The van der Waals surface area contributed by atoms with Crippen molar-refractivity contribution in [3.05, 3.63) is 39.9 Å². The average Bonchev–Trinajstić information content (AvgIpc) is 2.74. The van der Waals surface area contributed by atoms with Gasteiger partial charge in [-0.05, 0) is 31.9 Å². The largest absolute Gasteiger partial charge is 0.328 e. The number of rotatable bonds is 4. The Morgan fingerprint density at radius 2 is 1.81 bits per heavy atom. The van der Waals surface area contributed by atoms with Crippen molar-refractivity contribution < 1.29 is 19.7 Å². The van der Waals surface area contributed by atoms with Crippen molar-refractivity contribution >= 4 is 17.6 Å². The maximum Gasteiger partial charge on any atom is 0.318 e. The van der Waals surface area contributed by atoms with E-state index in [0.717, 1.165) is 0 Å². The number of piperazine rings is 1. The highest BCUT2D eigenvalue weighted by Crippen LogP contribution is 2.11. The first-order chi connectivity index (χ1) is 14.6. The molecule has 1 atom stereocenters. The molecule has 0 saturated carbocycles. The van der Waals surface area contributed by atoms with Crippen LogP contribution >= 0.6 is 0 Å². The van der Waals surface area contributed by atoms with Crippen molar-refractivity contribution in [1.29, 1.82) is 0 Å². The number of non-ortho nitro benzene ring substituents is 1. The molecule has 1 heterocycles. The minimum atomic E-state index is -1.10. The third kappa shape index (κ3) is 6.89. The van der Waals surface area contributed by atoms with Crippen LogP contribution in [0.4, 0.5) is 10.5 Å². The zero-order chi connectivity index (χ0) is 23.0. The lowest BCUT2D eigenvalue weighted by atomic mass is 9.95. The van der Waals surface area contributed by atoms with E-state index in [1.54, 1.807) is 26.0 Å². The molecule has 164 valence electrons. The van der Waals surface area contributed by atoms with Gasteiger partial charge in [0, 0.05) is 61.4 Å². The Bertz CT molecular complexity index is 941. The molecule has 1 fully saturated rings. The number of hydrogen-bond acceptors (Lipinski definition) is 7. The number of nitrogens with zero attached hydrogens (tertiary/aromatic N) is 3. The second kappa shape index (κ2) is 10.3. The summed E-state index contributed by atoms with van der Waals surface area (Å²) in [5.74, 6) is 7.44. The normalized spacial score (nSPS) is 14.3. The van der Waals surface area contributed by atoms with Gasteiger partial charge in [-0.25, -0.2) is 10.3 Å². The van der Waals surface area contributed by atoms with Gasteiger partial charge in [0.15, 0.2) is 0 Å². The predicted octanol–water partition coefficient (Wildman–Crippen LogP) is -0.154. The van der Waals surface area contributed by atoms with Gasteiger partial charge >= 0.3 is 6.03 Å². The third-order valence-electron chi connectivity index (χ3n) is 4.51. The molecule has 1 aliphatic heterocycles. The molecule has 3 amide bonds. The number of urea groups is 1. The molecular weight excluding hydrogens is 404 g/mol. The molecule has 0 aliphatic carbocycles. The van der Waals surface area contributed by atoms with E-state index in [0.29, 0.717) is 31.7 Å². The van der Waals surface area contributed by atoms with Crippen LogP contribution in [0.2, 0.25) is 0 Å². The van der Waals surface area contributed by atoms with Crippen LogP contribution < -0.4 is 16.5 Å². The van der Waals surface area contributed by atoms with Crippen molar-refractivity contribution in [1.82, 2.24) is 20.6 Å². The number of nitrogens with one attached hydrogen (secondary N) is 2. The average molecular weight is 428 g/mol. The summed E-state index contributed by atoms with van der Waals surface area (Å²) in [7, 11) is 0. The number of hydrogen-bond donors (Lipinski definition) is 4. The second-order valence-corrected chi connectivity index (χ2v) is 7.44. The fraction of sp³-hybridized carbons (Fsp3) is 0.400. The number of hydroxylamine groups is 1. The summed E-state index contributed by atoms with van der Waals surface area (Å²) in [5.41, 5.74) is 6.97. The molecule has 0 bridgehead atoms. The molecule has 5 N–H and O–H groups in total. The standard InChI is InChI=1S/C20H24N6O5/c1-20(2,21)17(18(27)23-29)22-19(28)25-13-11-24(12-14-25)10-4-3-5-15-6-8-16(9-7-15)26(30)31/h6-9,17,29H,11-14,21H2,1-2H3,(H,22,28)(H,23,27). The van der Waals surface area contributed by atoms with E-state index in [1.807, 2.05) is 4.90 Å². The van der Waals surface area contributed by atoms with Crippen LogP contribution in [0.5, 0.6) is 0 Å². The lowest BCUT2D eigenvalue weighted by Gasteiger charge is -2.35. The lowest BCUT2D eigenvalue weighted by molar-refractivity contribution is -0.384. The molecule has 1 aromatic carbocycles. The number of carbonyl (C=O) groups is 2. The number of nitrogens with two attached hydrogens (primary N) is 1. The summed E-state index contributed by atoms with van der Waals surface area (Å²) < 4.78 is 0. The van der Waals surface area contributed by atoms with Crippen LogP contribution in [0.1, 0.15) is 19.4 Å². The number of nitro groups is 1. The Labute approximate surface area is 179 Å². The lowest BCUT2D eigenvalue weighted by Crippen LogP contribution is -2.64. The van der Waals surface area contributed by atoms with Crippen molar-refractivity contribution in [3.8, 4) is 23.8 Å². The first kappa shape index (κ1) is 23.5. The Morgan fingerprint density at radius 1 is 1.19 bits per heavy atom. The van der Waals surface area contributed by atoms with Gasteiger partial charge in [0.25, 0.3) is 11.6 Å². The zero-order valence-electron chi connectivity index (χ0n) is 17.2. The second-order valence-electron chi connectivity index (χ2n) is 7.44. The van der Waals surface area contributed by atoms with Crippen molar-refractivity contribution in [2.45, 2.75) is 25.4 Å². The first-order valence-corrected chi connectivity index (χ1v) is 9.41. The topological polar surface area (TPSA) is 154 Å². The molecule has 31 heavy (non-hydrogen) atoms. The van der Waals surface area contributed by atoms with Gasteiger partial charge in [0.1, 0.15) is 6.04 Å². The maximum atomic E-state index is 12.4. The van der Waals surface area contributed by atoms with E-state index in [-0.39, 0.29) is 5.69 Å². The molecule has 0 aromatic heterocycles. The Kier molecular flexibility index (Phi) is 7.80. The van der Waals surface area contributed by atoms with Gasteiger partial charge < -0.3 is 20.9 Å². The highest BCUT2D eigenvalue weighted by atomic mass is 16.6. The summed E-state index contributed by atoms with van der Waals surface area (Å²) in [6.07, 6.45) is 0. The molecule has 0 spiro atoms. The van der Waals surface area contributed by atoms with Gasteiger partial charge in [0.2, 0.25) is 0 Å². The Morgan fingerprint density at radius 3 is 2.32 bits per heavy atom. The highest BCUT2D eigenvalue weighted by Gasteiger charge is 2.34. The molecule has 1 saturated heterocycles. The highest BCUT2D eigenvalue weighted by molar-refractivity contribution is 5.87. The molecule has 11 heteroatoms. The van der Waals surface area contributed by atoms with E-state index >= 15 is 0 Å². The summed E-state index contributed by atoms with van der Waals surface area (Å²) in [5, 5.41) is 22.0. The zero-order valence-corrected chi connectivity index (χ0v) is 17.2. The van der Waals surface area contributed by atoms with Gasteiger partial charge in [-0.3, -0.25) is 20.1 Å². The first-order valence-electron chi connectivity index (χ1n) is 9.41. The fourth-order valence-electron chi connectivity index (χ4n) is 2.77. The van der Waals surface area contributed by atoms with Crippen LogP contribution in [0, 0.1) is 33.9 Å². The summed E-state index contributed by atoms with van der Waals surface area (Å²) in [6, 6.07) is 7.20. The van der Waals surface area contributed by atoms with E-state index < -0.39 is 28.4 Å². The molecule has 1 aliphatic rings. The Balaban J connectivity index is 1.87. The van der Waals surface area contributed by atoms with Crippen molar-refractivity contribution in [2.24, 2.45) is 5.73 Å². The molecule has 2 rings (SSSR count). The molecule has 0 radical (unpaired) electrons. The van der Waals surface area contributed by atoms with Gasteiger partial charge in [-0.1, -0.05) is 5.92 Å². The Hall–Kier alpha value is -3.80. The molecular formula is C20H24N6O5. The quantitative estimate of drug-likeness (QED) is 0.225. The van der Waals surface area contributed by atoms with E-state index in [2.05, 4.69) is 29.1 Å². The summed E-state index contributed by atoms with van der Waals surface area (Å²) in [4.78, 5) is 37.7. The predicted molar refractivity (Wildman–Crippen MR) is 111 cm³/mol. The van der Waals surface area contributed by atoms with Gasteiger partial charge in [-0.2, -0.15) is 0 Å². The van der Waals surface area contributed by atoms with E-state index in [1.165, 1.54) is 22.5 Å². The molecule has 11 nitrogen and oxygen atoms in total. The van der Waals surface area contributed by atoms with Gasteiger partial charge in [-0.15, -0.1) is 0 Å². The summed E-state index contributed by atoms with van der Waals surface area (Å²) in [6.45, 7) is 4.88. The third-order valence-corrected chi connectivity index (χ3v) is 4.51. The number of amides is 3. The van der Waals surface area contributed by atoms with Crippen molar-refractivity contribution in [3.63, 3.8) is 0 Å². The number of benzene rings is 1. The van der Waals surface area contributed by atoms with Crippen molar-refractivity contribution in [2.75, 3.05) is 26.2 Å². The van der Waals surface area contributed by atoms with E-state index in [4.69, 9.17) is 10.9 Å². The molecule has 1 aromatic rings. The SMILES string of the molecule is CC(C)(N)C(NC(=O)N1CCN(C#CC#Cc2ccc([N+](=O)[O-])cc2)CC1)C(=O)NO. The number of carbonyl (C=O) groups excluding carboxylic acids is 2. The van der Waals surface area contributed by atoms with Gasteiger partial charge in [0.05, 0.1) is 4.92 Å². The van der Waals surface area contributed by atoms with Crippen LogP contribution in [-0.4, -0.2) is 69.6 Å². The number of nitro benzene ring substituents is 1. The fourth-order valence-corrected chi connectivity index (χ4v) is 2.77. The van der Waals surface area contributed by atoms with E-state index in [9.17, 15) is 19.7 Å². The molecule has 1 unspecified atom stereocenters. The van der Waals surface area contributed by atoms with Crippen LogP contribution in [-0.2, 0) is 4.79 Å². The monoisotopic (exact) mass is 428 g/mol. The maximum absolute atomic E-state index is 12.4. The van der Waals surface area contributed by atoms with Crippen LogP contribution in [0.25, 0.3) is 0 Å². The smallest absolute Gasteiger partial charge is 0.318 e. The van der Waals surface area contributed by atoms with Crippen LogP contribution in [0.3, 0.4) is 0 Å². The minimum absolute atomic E-state index is 0.00289. The minimum Gasteiger partial charge on any atom is -0.328 e. The van der Waals surface area contributed by atoms with Crippen LogP contribution in [0.15, 0.2) is 24.3 Å².